The Labute approximate surface area is 134 Å². The molecule has 22 heavy (non-hydrogen) atoms. The molecule has 0 amide bonds. The SMILES string of the molecule is CN=C(NCc1ccc(OC(C)C)cc1)N1CCC(C)(C)C1. The zero-order chi connectivity index (χ0) is 16.2. The largest absolute Gasteiger partial charge is 0.491 e. The van der Waals surface area contributed by atoms with E-state index in [2.05, 4.69) is 41.2 Å². The Bertz CT molecular complexity index is 506. The minimum absolute atomic E-state index is 0.210. The maximum absolute atomic E-state index is 5.67. The molecule has 2 rings (SSSR count). The van der Waals surface area contributed by atoms with Gasteiger partial charge in [0.2, 0.25) is 0 Å². The normalized spacial score (nSPS) is 17.9. The van der Waals surface area contributed by atoms with Gasteiger partial charge >= 0.3 is 0 Å². The number of hydrogen-bond donors (Lipinski definition) is 1. The van der Waals surface area contributed by atoms with Gasteiger partial charge in [-0.25, -0.2) is 0 Å². The molecule has 0 aromatic heterocycles. The summed E-state index contributed by atoms with van der Waals surface area (Å²) in [7, 11) is 1.85. The van der Waals surface area contributed by atoms with Gasteiger partial charge in [-0.3, -0.25) is 4.99 Å². The summed E-state index contributed by atoms with van der Waals surface area (Å²) in [4.78, 5) is 6.76. The van der Waals surface area contributed by atoms with Crippen LogP contribution in [0.1, 0.15) is 39.7 Å². The molecule has 1 aromatic rings. The molecule has 1 fully saturated rings. The van der Waals surface area contributed by atoms with Gasteiger partial charge in [-0.15, -0.1) is 0 Å². The fourth-order valence-electron chi connectivity index (χ4n) is 2.76. The van der Waals surface area contributed by atoms with E-state index in [0.717, 1.165) is 31.3 Å². The summed E-state index contributed by atoms with van der Waals surface area (Å²) in [5.74, 6) is 1.91. The molecular formula is C18H29N3O. The molecule has 0 atom stereocenters. The number of nitrogens with one attached hydrogen (secondary N) is 1. The first-order valence-corrected chi connectivity index (χ1v) is 8.11. The summed E-state index contributed by atoms with van der Waals surface area (Å²) in [5, 5.41) is 3.46. The second-order valence-electron chi connectivity index (χ2n) is 7.05. The number of hydrogen-bond acceptors (Lipinski definition) is 2. The van der Waals surface area contributed by atoms with Crippen molar-refractivity contribution in [3.63, 3.8) is 0 Å². The van der Waals surface area contributed by atoms with Gasteiger partial charge in [-0.2, -0.15) is 0 Å². The van der Waals surface area contributed by atoms with Crippen molar-refractivity contribution in [1.82, 2.24) is 10.2 Å². The summed E-state index contributed by atoms with van der Waals surface area (Å²) < 4.78 is 5.67. The highest BCUT2D eigenvalue weighted by molar-refractivity contribution is 5.80. The van der Waals surface area contributed by atoms with E-state index >= 15 is 0 Å². The van der Waals surface area contributed by atoms with E-state index in [0.29, 0.717) is 5.41 Å². The van der Waals surface area contributed by atoms with Gasteiger partial charge in [-0.1, -0.05) is 26.0 Å². The van der Waals surface area contributed by atoms with Gasteiger partial charge in [0.1, 0.15) is 5.75 Å². The van der Waals surface area contributed by atoms with Crippen molar-refractivity contribution < 1.29 is 4.74 Å². The van der Waals surface area contributed by atoms with Crippen LogP contribution in [-0.4, -0.2) is 37.1 Å². The summed E-state index contributed by atoms with van der Waals surface area (Å²) >= 11 is 0. The Morgan fingerprint density at radius 2 is 2.00 bits per heavy atom. The highest BCUT2D eigenvalue weighted by atomic mass is 16.5. The van der Waals surface area contributed by atoms with Crippen LogP contribution in [0.4, 0.5) is 0 Å². The Kier molecular flexibility index (Phi) is 5.33. The average molecular weight is 303 g/mol. The van der Waals surface area contributed by atoms with E-state index in [1.165, 1.54) is 12.0 Å². The third kappa shape index (κ3) is 4.65. The lowest BCUT2D eigenvalue weighted by Crippen LogP contribution is -2.40. The van der Waals surface area contributed by atoms with E-state index in [1.807, 2.05) is 33.0 Å². The van der Waals surface area contributed by atoms with Gasteiger partial charge in [0.15, 0.2) is 5.96 Å². The van der Waals surface area contributed by atoms with Crippen LogP contribution in [0, 0.1) is 5.41 Å². The van der Waals surface area contributed by atoms with Crippen molar-refractivity contribution in [1.29, 1.82) is 0 Å². The number of aliphatic imine (C=N–C) groups is 1. The lowest BCUT2D eigenvalue weighted by atomic mass is 9.93. The van der Waals surface area contributed by atoms with Crippen LogP contribution in [0.2, 0.25) is 0 Å². The predicted molar refractivity (Wildman–Crippen MR) is 92.4 cm³/mol. The number of benzene rings is 1. The van der Waals surface area contributed by atoms with Gasteiger partial charge in [-0.05, 0) is 43.4 Å². The van der Waals surface area contributed by atoms with Gasteiger partial charge in [0, 0.05) is 26.7 Å². The quantitative estimate of drug-likeness (QED) is 0.685. The fraction of sp³-hybridized carbons (Fsp3) is 0.611. The molecule has 0 saturated carbocycles. The number of nitrogens with zero attached hydrogens (tertiary/aromatic N) is 2. The van der Waals surface area contributed by atoms with E-state index in [4.69, 9.17) is 4.74 Å². The molecule has 1 aliphatic heterocycles. The van der Waals surface area contributed by atoms with E-state index in [9.17, 15) is 0 Å². The molecule has 0 unspecified atom stereocenters. The zero-order valence-corrected chi connectivity index (χ0v) is 14.5. The second kappa shape index (κ2) is 7.03. The standard InChI is InChI=1S/C18H29N3O/c1-14(2)22-16-8-6-15(7-9-16)12-20-17(19-5)21-11-10-18(3,4)13-21/h6-9,14H,10-13H2,1-5H3,(H,19,20). The summed E-state index contributed by atoms with van der Waals surface area (Å²) in [6.07, 6.45) is 1.43. The van der Waals surface area contributed by atoms with Crippen molar-refractivity contribution in [3.05, 3.63) is 29.8 Å². The first-order chi connectivity index (χ1) is 10.4. The Morgan fingerprint density at radius 3 is 2.50 bits per heavy atom. The van der Waals surface area contributed by atoms with E-state index in [-0.39, 0.29) is 6.10 Å². The Hall–Kier alpha value is -1.71. The molecule has 0 aliphatic carbocycles. The van der Waals surface area contributed by atoms with Crippen molar-refractivity contribution in [2.24, 2.45) is 10.4 Å². The minimum atomic E-state index is 0.210. The first kappa shape index (κ1) is 16.7. The van der Waals surface area contributed by atoms with Crippen molar-refractivity contribution in [2.45, 2.75) is 46.8 Å². The predicted octanol–water partition coefficient (Wildman–Crippen LogP) is 3.28. The number of ether oxygens (including phenoxy) is 1. The van der Waals surface area contributed by atoms with Crippen molar-refractivity contribution >= 4 is 5.96 Å². The van der Waals surface area contributed by atoms with Crippen molar-refractivity contribution in [3.8, 4) is 5.75 Å². The summed E-state index contributed by atoms with van der Waals surface area (Å²) in [6, 6.07) is 8.26. The van der Waals surface area contributed by atoms with Gasteiger partial charge < -0.3 is 15.0 Å². The molecule has 1 aliphatic rings. The molecule has 1 aromatic carbocycles. The number of guanidine groups is 1. The third-order valence-corrected chi connectivity index (χ3v) is 3.93. The first-order valence-electron chi connectivity index (χ1n) is 8.11. The van der Waals surface area contributed by atoms with Crippen LogP contribution < -0.4 is 10.1 Å². The average Bonchev–Trinajstić information content (AvgIpc) is 2.81. The highest BCUT2D eigenvalue weighted by Crippen LogP contribution is 2.28. The van der Waals surface area contributed by atoms with Gasteiger partial charge in [0.25, 0.3) is 0 Å². The monoisotopic (exact) mass is 303 g/mol. The third-order valence-electron chi connectivity index (χ3n) is 3.93. The van der Waals surface area contributed by atoms with E-state index in [1.54, 1.807) is 0 Å². The minimum Gasteiger partial charge on any atom is -0.491 e. The maximum Gasteiger partial charge on any atom is 0.193 e. The number of rotatable bonds is 4. The lowest BCUT2D eigenvalue weighted by Gasteiger charge is -2.23. The van der Waals surface area contributed by atoms with Crippen LogP contribution in [0.25, 0.3) is 0 Å². The molecular weight excluding hydrogens is 274 g/mol. The summed E-state index contributed by atoms with van der Waals surface area (Å²) in [6.45, 7) is 11.6. The lowest BCUT2D eigenvalue weighted by molar-refractivity contribution is 0.242. The highest BCUT2D eigenvalue weighted by Gasteiger charge is 2.30. The molecule has 122 valence electrons. The van der Waals surface area contributed by atoms with Crippen LogP contribution >= 0.6 is 0 Å². The maximum atomic E-state index is 5.67. The van der Waals surface area contributed by atoms with Crippen LogP contribution in [0.5, 0.6) is 5.75 Å². The Balaban J connectivity index is 1.88. The van der Waals surface area contributed by atoms with Crippen LogP contribution in [-0.2, 0) is 6.54 Å². The summed E-state index contributed by atoms with van der Waals surface area (Å²) in [5.41, 5.74) is 1.61. The molecule has 1 N–H and O–H groups in total. The molecule has 4 heteroatoms. The topological polar surface area (TPSA) is 36.9 Å². The zero-order valence-electron chi connectivity index (χ0n) is 14.5. The molecule has 1 saturated heterocycles. The fourth-order valence-corrected chi connectivity index (χ4v) is 2.76. The molecule has 0 spiro atoms. The molecule has 0 radical (unpaired) electrons. The van der Waals surface area contributed by atoms with Gasteiger partial charge in [0.05, 0.1) is 6.10 Å². The molecule has 0 bridgehead atoms. The molecule has 1 heterocycles. The Morgan fingerprint density at radius 1 is 1.32 bits per heavy atom. The smallest absolute Gasteiger partial charge is 0.193 e. The second-order valence-corrected chi connectivity index (χ2v) is 7.05. The van der Waals surface area contributed by atoms with Crippen molar-refractivity contribution in [2.75, 3.05) is 20.1 Å². The van der Waals surface area contributed by atoms with Crippen LogP contribution in [0.15, 0.2) is 29.3 Å². The van der Waals surface area contributed by atoms with E-state index < -0.39 is 0 Å². The molecule has 4 nitrogen and oxygen atoms in total. The number of likely N-dealkylation sites (tertiary alicyclic amines) is 1. The van der Waals surface area contributed by atoms with Crippen LogP contribution in [0.3, 0.4) is 0 Å².